The van der Waals surface area contributed by atoms with Crippen LogP contribution in [0.1, 0.15) is 50.2 Å². The lowest BCUT2D eigenvalue weighted by Gasteiger charge is -2.33. The summed E-state index contributed by atoms with van der Waals surface area (Å²) in [5.41, 5.74) is 6.38. The molecule has 0 saturated carbocycles. The third-order valence-corrected chi connectivity index (χ3v) is 6.64. The second kappa shape index (κ2) is 13.1. The Kier molecular flexibility index (Phi) is 9.87. The minimum Gasteiger partial charge on any atom is -0.508 e. The van der Waals surface area contributed by atoms with E-state index < -0.39 is 11.6 Å². The Bertz CT molecular complexity index is 1010. The molecule has 0 aromatic heterocycles. The van der Waals surface area contributed by atoms with Crippen LogP contribution in [0.25, 0.3) is 0 Å². The first-order valence-electron chi connectivity index (χ1n) is 12.7. The fourth-order valence-corrected chi connectivity index (χ4v) is 4.63. The molecule has 0 unspecified atom stereocenters. The van der Waals surface area contributed by atoms with E-state index in [0.717, 1.165) is 24.0 Å². The molecule has 1 aliphatic heterocycles. The summed E-state index contributed by atoms with van der Waals surface area (Å²) in [5.74, 6) is -0.402. The first-order valence-corrected chi connectivity index (χ1v) is 12.7. The van der Waals surface area contributed by atoms with Gasteiger partial charge in [-0.1, -0.05) is 42.5 Å². The highest BCUT2D eigenvalue weighted by Gasteiger charge is 2.40. The molecule has 0 bridgehead atoms. The standard InChI is InChI=1S/C28H38N4O4/c1-28(27(36)30-18-7-17-29,20-22-8-3-2-4-9-22)31-26(35)24-11-6-19-32(24)25(34)12-5-10-21-13-15-23(33)16-14-21/h2-4,8-9,13-16,24,33H,5-7,10-12,17-20,29H2,1H3,(H,30,36)(H,31,35)/t24-,28-/m0/s1. The number of hydrogen-bond donors (Lipinski definition) is 4. The Morgan fingerprint density at radius 1 is 1.06 bits per heavy atom. The lowest BCUT2D eigenvalue weighted by Crippen LogP contribution is -2.61. The highest BCUT2D eigenvalue weighted by molar-refractivity contribution is 5.94. The number of phenols is 1. The van der Waals surface area contributed by atoms with Crippen molar-refractivity contribution in [3.8, 4) is 5.75 Å². The monoisotopic (exact) mass is 494 g/mol. The zero-order valence-electron chi connectivity index (χ0n) is 21.0. The highest BCUT2D eigenvalue weighted by atomic mass is 16.3. The molecule has 5 N–H and O–H groups in total. The summed E-state index contributed by atoms with van der Waals surface area (Å²) >= 11 is 0. The van der Waals surface area contributed by atoms with Crippen LogP contribution in [0.5, 0.6) is 5.75 Å². The maximum atomic E-state index is 13.4. The second-order valence-electron chi connectivity index (χ2n) is 9.65. The van der Waals surface area contributed by atoms with E-state index in [4.69, 9.17) is 5.73 Å². The smallest absolute Gasteiger partial charge is 0.245 e. The van der Waals surface area contributed by atoms with Crippen molar-refractivity contribution in [3.05, 3.63) is 65.7 Å². The van der Waals surface area contributed by atoms with Gasteiger partial charge in [0, 0.05) is 25.9 Å². The van der Waals surface area contributed by atoms with E-state index >= 15 is 0 Å². The fourth-order valence-electron chi connectivity index (χ4n) is 4.63. The fraction of sp³-hybridized carbons (Fsp3) is 0.464. The zero-order valence-corrected chi connectivity index (χ0v) is 21.0. The van der Waals surface area contributed by atoms with Gasteiger partial charge in [0.05, 0.1) is 0 Å². The normalized spacial score (nSPS) is 16.8. The first kappa shape index (κ1) is 27.2. The van der Waals surface area contributed by atoms with Gasteiger partial charge in [-0.2, -0.15) is 0 Å². The Balaban J connectivity index is 1.63. The third-order valence-electron chi connectivity index (χ3n) is 6.64. The molecule has 194 valence electrons. The Labute approximate surface area is 213 Å². The van der Waals surface area contributed by atoms with Gasteiger partial charge in [0.1, 0.15) is 17.3 Å². The van der Waals surface area contributed by atoms with Gasteiger partial charge in [-0.3, -0.25) is 14.4 Å². The van der Waals surface area contributed by atoms with E-state index in [1.807, 2.05) is 42.5 Å². The average molecular weight is 495 g/mol. The van der Waals surface area contributed by atoms with Gasteiger partial charge in [0.15, 0.2) is 0 Å². The predicted molar refractivity (Wildman–Crippen MR) is 139 cm³/mol. The number of likely N-dealkylation sites (tertiary alicyclic amines) is 1. The topological polar surface area (TPSA) is 125 Å². The van der Waals surface area contributed by atoms with Crippen LogP contribution < -0.4 is 16.4 Å². The quantitative estimate of drug-likeness (QED) is 0.337. The molecule has 0 radical (unpaired) electrons. The van der Waals surface area contributed by atoms with Crippen LogP contribution >= 0.6 is 0 Å². The molecule has 36 heavy (non-hydrogen) atoms. The molecule has 1 saturated heterocycles. The number of carbonyl (C=O) groups is 3. The molecule has 0 spiro atoms. The van der Waals surface area contributed by atoms with Crippen LogP contribution in [-0.2, 0) is 27.2 Å². The maximum Gasteiger partial charge on any atom is 0.245 e. The summed E-state index contributed by atoms with van der Waals surface area (Å²) in [7, 11) is 0. The molecule has 2 aromatic carbocycles. The van der Waals surface area contributed by atoms with E-state index in [2.05, 4.69) is 10.6 Å². The summed E-state index contributed by atoms with van der Waals surface area (Å²) in [6.07, 6.45) is 4.02. The number of nitrogens with zero attached hydrogens (tertiary/aromatic N) is 1. The molecule has 1 fully saturated rings. The van der Waals surface area contributed by atoms with Crippen LogP contribution in [0.4, 0.5) is 0 Å². The summed E-state index contributed by atoms with van der Waals surface area (Å²) < 4.78 is 0. The van der Waals surface area contributed by atoms with Gasteiger partial charge in [0.25, 0.3) is 0 Å². The van der Waals surface area contributed by atoms with Gasteiger partial charge in [-0.15, -0.1) is 0 Å². The molecule has 8 nitrogen and oxygen atoms in total. The molecule has 3 rings (SSSR count). The number of amides is 3. The van der Waals surface area contributed by atoms with Crippen molar-refractivity contribution in [1.29, 1.82) is 0 Å². The van der Waals surface area contributed by atoms with E-state index in [-0.39, 0.29) is 23.5 Å². The molecule has 2 aromatic rings. The Morgan fingerprint density at radius 3 is 2.47 bits per heavy atom. The Morgan fingerprint density at radius 2 is 1.78 bits per heavy atom. The van der Waals surface area contributed by atoms with Gasteiger partial charge in [-0.05, 0) is 68.8 Å². The summed E-state index contributed by atoms with van der Waals surface area (Å²) in [4.78, 5) is 41.2. The van der Waals surface area contributed by atoms with Crippen molar-refractivity contribution in [2.75, 3.05) is 19.6 Å². The maximum absolute atomic E-state index is 13.4. The molecule has 3 amide bonds. The average Bonchev–Trinajstić information content (AvgIpc) is 3.36. The van der Waals surface area contributed by atoms with Crippen molar-refractivity contribution >= 4 is 17.7 Å². The number of nitrogens with one attached hydrogen (secondary N) is 2. The van der Waals surface area contributed by atoms with Crippen molar-refractivity contribution in [2.24, 2.45) is 5.73 Å². The first-order chi connectivity index (χ1) is 17.3. The predicted octanol–water partition coefficient (Wildman–Crippen LogP) is 2.29. The van der Waals surface area contributed by atoms with Gasteiger partial charge < -0.3 is 26.4 Å². The largest absolute Gasteiger partial charge is 0.508 e. The number of benzene rings is 2. The van der Waals surface area contributed by atoms with Crippen molar-refractivity contribution in [2.45, 2.75) is 63.5 Å². The number of carbonyl (C=O) groups excluding carboxylic acids is 3. The van der Waals surface area contributed by atoms with Crippen LogP contribution in [-0.4, -0.2) is 58.9 Å². The summed E-state index contributed by atoms with van der Waals surface area (Å²) in [6.45, 7) is 3.17. The molecular formula is C28H38N4O4. The van der Waals surface area contributed by atoms with Gasteiger partial charge in [0.2, 0.25) is 17.7 Å². The number of hydrogen-bond acceptors (Lipinski definition) is 5. The zero-order chi connectivity index (χ0) is 26.0. The third kappa shape index (κ3) is 7.55. The van der Waals surface area contributed by atoms with Gasteiger partial charge >= 0.3 is 0 Å². The van der Waals surface area contributed by atoms with E-state index in [0.29, 0.717) is 51.7 Å². The van der Waals surface area contributed by atoms with Crippen LogP contribution in [0.3, 0.4) is 0 Å². The minimum atomic E-state index is -1.16. The lowest BCUT2D eigenvalue weighted by molar-refractivity contribution is -0.141. The number of aromatic hydroxyl groups is 1. The second-order valence-corrected chi connectivity index (χ2v) is 9.65. The SMILES string of the molecule is C[C@@](Cc1ccccc1)(NC(=O)[C@@H]1CCCN1C(=O)CCCc1ccc(O)cc1)C(=O)NCCCN. The van der Waals surface area contributed by atoms with Crippen molar-refractivity contribution < 1.29 is 19.5 Å². The van der Waals surface area contributed by atoms with E-state index in [1.54, 1.807) is 24.0 Å². The van der Waals surface area contributed by atoms with Gasteiger partial charge in [-0.25, -0.2) is 0 Å². The highest BCUT2D eigenvalue weighted by Crippen LogP contribution is 2.22. The van der Waals surface area contributed by atoms with Crippen LogP contribution in [0.2, 0.25) is 0 Å². The number of aryl methyl sites for hydroxylation is 1. The molecule has 2 atom stereocenters. The van der Waals surface area contributed by atoms with Crippen molar-refractivity contribution in [1.82, 2.24) is 15.5 Å². The lowest BCUT2D eigenvalue weighted by atomic mass is 9.91. The number of rotatable bonds is 12. The summed E-state index contributed by atoms with van der Waals surface area (Å²) in [5, 5.41) is 15.3. The summed E-state index contributed by atoms with van der Waals surface area (Å²) in [6, 6.07) is 15.9. The van der Waals surface area contributed by atoms with E-state index in [1.165, 1.54) is 0 Å². The van der Waals surface area contributed by atoms with Crippen LogP contribution in [0.15, 0.2) is 54.6 Å². The van der Waals surface area contributed by atoms with E-state index in [9.17, 15) is 19.5 Å². The molecule has 1 heterocycles. The van der Waals surface area contributed by atoms with Crippen LogP contribution in [0, 0.1) is 0 Å². The van der Waals surface area contributed by atoms with Crippen molar-refractivity contribution in [3.63, 3.8) is 0 Å². The number of phenolic OH excluding ortho intramolecular Hbond substituents is 1. The molecule has 1 aliphatic rings. The minimum absolute atomic E-state index is 0.0522. The molecular weight excluding hydrogens is 456 g/mol. The molecule has 0 aliphatic carbocycles. The number of nitrogens with two attached hydrogens (primary N) is 1. The Hall–Kier alpha value is -3.39. The molecule has 8 heteroatoms.